The van der Waals surface area contributed by atoms with E-state index in [9.17, 15) is 0 Å². The maximum absolute atomic E-state index is 6.04. The Morgan fingerprint density at radius 3 is 2.00 bits per heavy atom. The number of hydrogen-bond donors (Lipinski definition) is 1. The molecule has 1 heterocycles. The van der Waals surface area contributed by atoms with Gasteiger partial charge < -0.3 is 5.32 Å². The molecule has 136 valence electrons. The van der Waals surface area contributed by atoms with E-state index in [1.165, 1.54) is 11.1 Å². The van der Waals surface area contributed by atoms with Crippen LogP contribution in [0.3, 0.4) is 0 Å². The van der Waals surface area contributed by atoms with Crippen LogP contribution in [0, 0.1) is 0 Å². The van der Waals surface area contributed by atoms with Crippen molar-refractivity contribution in [1.29, 1.82) is 0 Å². The van der Waals surface area contributed by atoms with Crippen molar-refractivity contribution in [2.45, 2.75) is 0 Å². The van der Waals surface area contributed by atoms with Gasteiger partial charge in [0.05, 0.1) is 5.69 Å². The Morgan fingerprint density at radius 2 is 1.33 bits per heavy atom. The molecule has 27 heavy (non-hydrogen) atoms. The second kappa shape index (κ2) is 8.89. The third-order valence-electron chi connectivity index (χ3n) is 3.91. The van der Waals surface area contributed by atoms with Crippen molar-refractivity contribution in [3.63, 3.8) is 0 Å². The third-order valence-corrected chi connectivity index (χ3v) is 5.10. The lowest BCUT2D eigenvalue weighted by Crippen LogP contribution is -1.89. The predicted molar refractivity (Wildman–Crippen MR) is 123 cm³/mol. The van der Waals surface area contributed by atoms with Gasteiger partial charge in [0.25, 0.3) is 0 Å². The van der Waals surface area contributed by atoms with E-state index in [-0.39, 0.29) is 17.0 Å². The van der Waals surface area contributed by atoms with Gasteiger partial charge >= 0.3 is 0 Å². The molecule has 0 aliphatic rings. The quantitative estimate of drug-likeness (QED) is 0.321. The first-order chi connectivity index (χ1) is 12.7. The SMILES string of the molecule is Br.Clc1cc(Cl)cc(Nc2nc(-c3ccc(-c4ccccc4)cc3)cs2)c1. The molecule has 4 rings (SSSR count). The number of rotatable bonds is 4. The van der Waals surface area contributed by atoms with Gasteiger partial charge in [0.1, 0.15) is 0 Å². The van der Waals surface area contributed by atoms with Crippen LogP contribution in [0.2, 0.25) is 10.0 Å². The lowest BCUT2D eigenvalue weighted by Gasteiger charge is -2.04. The van der Waals surface area contributed by atoms with E-state index in [1.807, 2.05) is 35.7 Å². The van der Waals surface area contributed by atoms with Gasteiger partial charge in [-0.3, -0.25) is 0 Å². The molecular formula is C21H15BrCl2N2S. The van der Waals surface area contributed by atoms with Crippen molar-refractivity contribution in [3.05, 3.63) is 88.2 Å². The molecule has 1 aromatic heterocycles. The van der Waals surface area contributed by atoms with Crippen molar-refractivity contribution >= 4 is 62.3 Å². The average Bonchev–Trinajstić information content (AvgIpc) is 3.10. The summed E-state index contributed by atoms with van der Waals surface area (Å²) in [6, 6.07) is 24.1. The van der Waals surface area contributed by atoms with E-state index in [1.54, 1.807) is 17.4 Å². The first kappa shape index (κ1) is 19.9. The van der Waals surface area contributed by atoms with Crippen molar-refractivity contribution in [3.8, 4) is 22.4 Å². The van der Waals surface area contributed by atoms with Gasteiger partial charge in [-0.05, 0) is 29.3 Å². The molecule has 0 saturated heterocycles. The largest absolute Gasteiger partial charge is 0.331 e. The first-order valence-electron chi connectivity index (χ1n) is 8.02. The smallest absolute Gasteiger partial charge is 0.187 e. The minimum absolute atomic E-state index is 0. The van der Waals surface area contributed by atoms with Gasteiger partial charge in [0.15, 0.2) is 5.13 Å². The van der Waals surface area contributed by atoms with Crippen molar-refractivity contribution in [1.82, 2.24) is 4.98 Å². The predicted octanol–water partition coefficient (Wildman–Crippen LogP) is 8.11. The van der Waals surface area contributed by atoms with Crippen LogP contribution in [0.5, 0.6) is 0 Å². The number of hydrogen-bond acceptors (Lipinski definition) is 3. The number of benzene rings is 3. The maximum Gasteiger partial charge on any atom is 0.187 e. The molecular weight excluding hydrogens is 463 g/mol. The zero-order chi connectivity index (χ0) is 17.9. The summed E-state index contributed by atoms with van der Waals surface area (Å²) in [5, 5.41) is 7.26. The number of nitrogens with zero attached hydrogens (tertiary/aromatic N) is 1. The highest BCUT2D eigenvalue weighted by atomic mass is 79.9. The van der Waals surface area contributed by atoms with E-state index in [0.717, 1.165) is 22.1 Å². The molecule has 0 amide bonds. The van der Waals surface area contributed by atoms with Gasteiger partial charge in [-0.25, -0.2) is 4.98 Å². The highest BCUT2D eigenvalue weighted by molar-refractivity contribution is 8.93. The van der Waals surface area contributed by atoms with Crippen molar-refractivity contribution < 1.29 is 0 Å². The van der Waals surface area contributed by atoms with Crippen LogP contribution < -0.4 is 5.32 Å². The second-order valence-corrected chi connectivity index (χ2v) is 7.50. The highest BCUT2D eigenvalue weighted by Gasteiger charge is 2.07. The average molecular weight is 478 g/mol. The Balaban J connectivity index is 0.00000210. The Labute approximate surface area is 182 Å². The highest BCUT2D eigenvalue weighted by Crippen LogP contribution is 2.30. The Hall–Kier alpha value is -1.85. The van der Waals surface area contributed by atoms with Gasteiger partial charge in [-0.15, -0.1) is 28.3 Å². The second-order valence-electron chi connectivity index (χ2n) is 5.76. The van der Waals surface area contributed by atoms with E-state index in [0.29, 0.717) is 10.0 Å². The Bertz CT molecular complexity index is 1010. The fraction of sp³-hybridized carbons (Fsp3) is 0. The molecule has 6 heteroatoms. The maximum atomic E-state index is 6.04. The molecule has 0 bridgehead atoms. The number of halogens is 3. The van der Waals surface area contributed by atoms with Crippen molar-refractivity contribution in [2.75, 3.05) is 5.32 Å². The van der Waals surface area contributed by atoms with Crippen LogP contribution in [0.1, 0.15) is 0 Å². The van der Waals surface area contributed by atoms with Crippen LogP contribution >= 0.6 is 51.5 Å². The summed E-state index contributed by atoms with van der Waals surface area (Å²) in [6.45, 7) is 0. The topological polar surface area (TPSA) is 24.9 Å². The fourth-order valence-corrected chi connectivity index (χ4v) is 3.94. The summed E-state index contributed by atoms with van der Waals surface area (Å²) in [7, 11) is 0. The van der Waals surface area contributed by atoms with Gasteiger partial charge in [-0.1, -0.05) is 77.8 Å². The van der Waals surface area contributed by atoms with Gasteiger partial charge in [0, 0.05) is 26.7 Å². The molecule has 0 spiro atoms. The zero-order valence-electron chi connectivity index (χ0n) is 14.0. The molecule has 0 aliphatic heterocycles. The summed E-state index contributed by atoms with van der Waals surface area (Å²) in [6.07, 6.45) is 0. The van der Waals surface area contributed by atoms with Crippen LogP contribution in [0.15, 0.2) is 78.2 Å². The van der Waals surface area contributed by atoms with E-state index in [4.69, 9.17) is 23.2 Å². The standard InChI is InChI=1S/C21H14Cl2N2S.BrH/c22-17-10-18(23)12-19(11-17)24-21-25-20(13-26-21)16-8-6-15(7-9-16)14-4-2-1-3-5-14;/h1-13H,(H,24,25);1H. The Kier molecular flexibility index (Phi) is 6.55. The van der Waals surface area contributed by atoms with Crippen LogP contribution in [0.4, 0.5) is 10.8 Å². The molecule has 4 aromatic rings. The van der Waals surface area contributed by atoms with E-state index >= 15 is 0 Å². The molecule has 1 N–H and O–H groups in total. The monoisotopic (exact) mass is 476 g/mol. The Morgan fingerprint density at radius 1 is 0.741 bits per heavy atom. The molecule has 0 radical (unpaired) electrons. The number of anilines is 2. The fourth-order valence-electron chi connectivity index (χ4n) is 2.68. The lowest BCUT2D eigenvalue weighted by molar-refractivity contribution is 1.38. The summed E-state index contributed by atoms with van der Waals surface area (Å²) < 4.78 is 0. The third kappa shape index (κ3) is 4.90. The van der Waals surface area contributed by atoms with E-state index < -0.39 is 0 Å². The van der Waals surface area contributed by atoms with Crippen LogP contribution in [-0.2, 0) is 0 Å². The summed E-state index contributed by atoms with van der Waals surface area (Å²) in [5.74, 6) is 0. The normalized spacial score (nSPS) is 10.3. The number of thiazole rings is 1. The molecule has 0 fully saturated rings. The van der Waals surface area contributed by atoms with Gasteiger partial charge in [-0.2, -0.15) is 0 Å². The molecule has 0 saturated carbocycles. The first-order valence-corrected chi connectivity index (χ1v) is 9.65. The molecule has 0 aliphatic carbocycles. The van der Waals surface area contributed by atoms with E-state index in [2.05, 4.69) is 46.7 Å². The number of aromatic nitrogens is 1. The van der Waals surface area contributed by atoms with Crippen LogP contribution in [0.25, 0.3) is 22.4 Å². The summed E-state index contributed by atoms with van der Waals surface area (Å²) in [4.78, 5) is 4.66. The molecule has 0 unspecified atom stereocenters. The van der Waals surface area contributed by atoms with Gasteiger partial charge in [0.2, 0.25) is 0 Å². The molecule has 0 atom stereocenters. The number of nitrogens with one attached hydrogen (secondary N) is 1. The summed E-state index contributed by atoms with van der Waals surface area (Å²) >= 11 is 13.6. The minimum atomic E-state index is 0. The van der Waals surface area contributed by atoms with Crippen LogP contribution in [-0.4, -0.2) is 4.98 Å². The minimum Gasteiger partial charge on any atom is -0.331 e. The molecule has 2 nitrogen and oxygen atoms in total. The molecule has 3 aromatic carbocycles. The lowest BCUT2D eigenvalue weighted by atomic mass is 10.0. The zero-order valence-corrected chi connectivity index (χ0v) is 18.1. The van der Waals surface area contributed by atoms with Crippen molar-refractivity contribution in [2.24, 2.45) is 0 Å². The summed E-state index contributed by atoms with van der Waals surface area (Å²) in [5.41, 5.74) is 5.24.